The molecule has 2 rings (SSSR count). The van der Waals surface area contributed by atoms with E-state index in [0.717, 1.165) is 21.8 Å². The number of primary amides is 1. The lowest BCUT2D eigenvalue weighted by molar-refractivity contribution is -0.118. The van der Waals surface area contributed by atoms with Crippen molar-refractivity contribution in [2.75, 3.05) is 13.6 Å². The van der Waals surface area contributed by atoms with Crippen LogP contribution in [-0.4, -0.2) is 29.4 Å². The molecule has 0 fully saturated rings. The molecular weight excluding hydrogens is 294 g/mol. The van der Waals surface area contributed by atoms with Crippen LogP contribution in [0, 0.1) is 0 Å². The van der Waals surface area contributed by atoms with E-state index in [0.29, 0.717) is 12.4 Å². The average molecular weight is 310 g/mol. The Labute approximate surface area is 127 Å². The highest BCUT2D eigenvalue weighted by molar-refractivity contribution is 7.13. The van der Waals surface area contributed by atoms with Gasteiger partial charge in [0.1, 0.15) is 5.01 Å². The summed E-state index contributed by atoms with van der Waals surface area (Å²) in [5.74, 6) is 0.118. The number of nitrogens with two attached hydrogens (primary N) is 1. The van der Waals surface area contributed by atoms with Crippen LogP contribution in [0.15, 0.2) is 29.6 Å². The molecule has 0 unspecified atom stereocenters. The summed E-state index contributed by atoms with van der Waals surface area (Å²) < 4.78 is 0. The minimum atomic E-state index is -0.319. The molecule has 1 aromatic carbocycles. The summed E-state index contributed by atoms with van der Waals surface area (Å²) in [6.07, 6.45) is 0. The molecule has 0 aliphatic rings. The lowest BCUT2D eigenvalue weighted by Crippen LogP contribution is -2.30. The van der Waals surface area contributed by atoms with Gasteiger partial charge in [-0.1, -0.05) is 24.3 Å². The monoisotopic (exact) mass is 309 g/mol. The van der Waals surface area contributed by atoms with Crippen LogP contribution in [-0.2, 0) is 17.2 Å². The smallest absolute Gasteiger partial charge is 0.231 e. The highest BCUT2D eigenvalue weighted by atomic mass is 35.5. The number of nitrogens with zero attached hydrogens (tertiary/aromatic N) is 2. The second-order valence-corrected chi connectivity index (χ2v) is 5.74. The third-order valence-corrected chi connectivity index (χ3v) is 3.98. The van der Waals surface area contributed by atoms with E-state index < -0.39 is 0 Å². The quantitative estimate of drug-likeness (QED) is 0.834. The first-order valence-corrected chi connectivity index (χ1v) is 7.56. The number of thiazole rings is 1. The summed E-state index contributed by atoms with van der Waals surface area (Å²) in [5.41, 5.74) is 8.27. The number of alkyl halides is 1. The highest BCUT2D eigenvalue weighted by Crippen LogP contribution is 2.24. The molecule has 0 spiro atoms. The van der Waals surface area contributed by atoms with E-state index >= 15 is 0 Å². The zero-order chi connectivity index (χ0) is 14.5. The maximum Gasteiger partial charge on any atom is 0.231 e. The molecule has 0 saturated carbocycles. The molecule has 2 N–H and O–H groups in total. The van der Waals surface area contributed by atoms with Gasteiger partial charge in [0.05, 0.1) is 18.1 Å². The van der Waals surface area contributed by atoms with E-state index in [4.69, 9.17) is 17.3 Å². The van der Waals surface area contributed by atoms with Crippen molar-refractivity contribution in [3.63, 3.8) is 0 Å². The number of amides is 1. The predicted molar refractivity (Wildman–Crippen MR) is 82.6 cm³/mol. The van der Waals surface area contributed by atoms with Crippen molar-refractivity contribution < 1.29 is 4.79 Å². The van der Waals surface area contributed by atoms with Gasteiger partial charge in [0.2, 0.25) is 5.91 Å². The van der Waals surface area contributed by atoms with E-state index in [-0.39, 0.29) is 12.5 Å². The molecule has 0 aliphatic carbocycles. The Morgan fingerprint density at radius 3 is 2.65 bits per heavy atom. The van der Waals surface area contributed by atoms with E-state index in [2.05, 4.69) is 4.98 Å². The third kappa shape index (κ3) is 4.03. The number of hydrogen-bond donors (Lipinski definition) is 1. The Balaban J connectivity index is 2.04. The molecule has 20 heavy (non-hydrogen) atoms. The molecular formula is C14H16ClN3OS. The van der Waals surface area contributed by atoms with Gasteiger partial charge in [0.25, 0.3) is 0 Å². The largest absolute Gasteiger partial charge is 0.369 e. The third-order valence-electron chi connectivity index (χ3n) is 2.77. The molecule has 1 amide bonds. The molecule has 4 nitrogen and oxygen atoms in total. The number of benzene rings is 1. The summed E-state index contributed by atoms with van der Waals surface area (Å²) >= 11 is 7.34. The van der Waals surface area contributed by atoms with Crippen LogP contribution in [0.5, 0.6) is 0 Å². The maximum absolute atomic E-state index is 10.8. The lowest BCUT2D eigenvalue weighted by Gasteiger charge is -2.14. The summed E-state index contributed by atoms with van der Waals surface area (Å²) in [5, 5.41) is 2.94. The van der Waals surface area contributed by atoms with Crippen LogP contribution in [0.3, 0.4) is 0 Å². The number of carbonyl (C=O) groups is 1. The van der Waals surface area contributed by atoms with Crippen LogP contribution < -0.4 is 5.73 Å². The SMILES string of the molecule is CN(CC(N)=O)Cc1ccc(-c2nc(CCl)cs2)cc1. The standard InChI is InChI=1S/C14H16ClN3OS/c1-18(8-13(16)19)7-10-2-4-11(5-3-10)14-17-12(6-15)9-20-14/h2-5,9H,6-8H2,1H3,(H2,16,19). The molecule has 6 heteroatoms. The van der Waals surface area contributed by atoms with Gasteiger partial charge in [-0.2, -0.15) is 0 Å². The van der Waals surface area contributed by atoms with Crippen LogP contribution in [0.1, 0.15) is 11.3 Å². The van der Waals surface area contributed by atoms with E-state index in [1.807, 2.05) is 41.6 Å². The van der Waals surface area contributed by atoms with Gasteiger partial charge in [0.15, 0.2) is 0 Å². The van der Waals surface area contributed by atoms with Crippen molar-refractivity contribution in [3.05, 3.63) is 40.9 Å². The average Bonchev–Trinajstić information content (AvgIpc) is 2.87. The second kappa shape index (κ2) is 6.83. The van der Waals surface area contributed by atoms with Crippen LogP contribution in [0.4, 0.5) is 0 Å². The Kier molecular flexibility index (Phi) is 5.11. The number of hydrogen-bond acceptors (Lipinski definition) is 4. The summed E-state index contributed by atoms with van der Waals surface area (Å²) in [6, 6.07) is 8.14. The molecule has 0 radical (unpaired) electrons. The minimum absolute atomic E-state index is 0.257. The lowest BCUT2D eigenvalue weighted by atomic mass is 10.1. The van der Waals surface area contributed by atoms with E-state index in [9.17, 15) is 4.79 Å². The summed E-state index contributed by atoms with van der Waals surface area (Å²) in [4.78, 5) is 17.2. The zero-order valence-corrected chi connectivity index (χ0v) is 12.7. The molecule has 1 heterocycles. The fourth-order valence-corrected chi connectivity index (χ4v) is 2.94. The van der Waals surface area contributed by atoms with Gasteiger partial charge >= 0.3 is 0 Å². The van der Waals surface area contributed by atoms with Gasteiger partial charge < -0.3 is 5.73 Å². The molecule has 2 aromatic rings. The maximum atomic E-state index is 10.8. The molecule has 0 bridgehead atoms. The van der Waals surface area contributed by atoms with Gasteiger partial charge in [-0.05, 0) is 12.6 Å². The van der Waals surface area contributed by atoms with Gasteiger partial charge in [-0.15, -0.1) is 22.9 Å². The Morgan fingerprint density at radius 1 is 1.40 bits per heavy atom. The molecule has 106 valence electrons. The van der Waals surface area contributed by atoms with E-state index in [1.54, 1.807) is 11.3 Å². The van der Waals surface area contributed by atoms with Crippen LogP contribution in [0.25, 0.3) is 10.6 Å². The Morgan fingerprint density at radius 2 is 2.10 bits per heavy atom. The van der Waals surface area contributed by atoms with E-state index in [1.165, 1.54) is 0 Å². The van der Waals surface area contributed by atoms with Crippen molar-refractivity contribution in [1.29, 1.82) is 0 Å². The van der Waals surface area contributed by atoms with Crippen LogP contribution >= 0.6 is 22.9 Å². The summed E-state index contributed by atoms with van der Waals surface area (Å²) in [7, 11) is 1.87. The molecule has 1 aromatic heterocycles. The topological polar surface area (TPSA) is 59.2 Å². The zero-order valence-electron chi connectivity index (χ0n) is 11.2. The molecule has 0 aliphatic heterocycles. The number of likely N-dealkylation sites (N-methyl/N-ethyl adjacent to an activating group) is 1. The van der Waals surface area contributed by atoms with Crippen molar-refractivity contribution >= 4 is 28.8 Å². The normalized spacial score (nSPS) is 10.9. The summed E-state index contributed by atoms with van der Waals surface area (Å²) in [6.45, 7) is 0.946. The minimum Gasteiger partial charge on any atom is -0.369 e. The van der Waals surface area contributed by atoms with Crippen molar-refractivity contribution in [1.82, 2.24) is 9.88 Å². The first kappa shape index (κ1) is 15.0. The first-order chi connectivity index (χ1) is 9.58. The van der Waals surface area contributed by atoms with Crippen molar-refractivity contribution in [2.45, 2.75) is 12.4 Å². The fourth-order valence-electron chi connectivity index (χ4n) is 1.89. The molecule has 0 saturated heterocycles. The number of rotatable bonds is 6. The fraction of sp³-hybridized carbons (Fsp3) is 0.286. The highest BCUT2D eigenvalue weighted by Gasteiger charge is 2.06. The Hall–Kier alpha value is -1.43. The van der Waals surface area contributed by atoms with Gasteiger partial charge in [-0.3, -0.25) is 9.69 Å². The second-order valence-electron chi connectivity index (χ2n) is 4.61. The number of halogens is 1. The Bertz CT molecular complexity index is 582. The first-order valence-electron chi connectivity index (χ1n) is 6.15. The number of carbonyl (C=O) groups excluding carboxylic acids is 1. The van der Waals surface area contributed by atoms with Crippen molar-refractivity contribution in [2.24, 2.45) is 5.73 Å². The van der Waals surface area contributed by atoms with Gasteiger partial charge in [0, 0.05) is 17.5 Å². The van der Waals surface area contributed by atoms with Gasteiger partial charge in [-0.25, -0.2) is 4.98 Å². The number of aromatic nitrogens is 1. The predicted octanol–water partition coefficient (Wildman–Crippen LogP) is 2.47. The van der Waals surface area contributed by atoms with Crippen LogP contribution in [0.2, 0.25) is 0 Å². The molecule has 0 atom stereocenters. The van der Waals surface area contributed by atoms with Crippen molar-refractivity contribution in [3.8, 4) is 10.6 Å².